The molecule has 0 saturated carbocycles. The zero-order valence-corrected chi connectivity index (χ0v) is 13.4. The van der Waals surface area contributed by atoms with Crippen LogP contribution in [0, 0.1) is 5.92 Å². The summed E-state index contributed by atoms with van der Waals surface area (Å²) in [7, 11) is 1.37. The Kier molecular flexibility index (Phi) is 7.25. The molecule has 0 unspecified atom stereocenters. The third-order valence-electron chi connectivity index (χ3n) is 2.93. The fraction of sp³-hybridized carbons (Fsp3) is 0.467. The molecular formula is C15H22N2O3S. The van der Waals surface area contributed by atoms with Crippen LogP contribution in [-0.4, -0.2) is 30.8 Å². The number of rotatable bonds is 7. The first-order chi connectivity index (χ1) is 9.93. The maximum atomic E-state index is 11.9. The van der Waals surface area contributed by atoms with Gasteiger partial charge in [0.25, 0.3) is 0 Å². The first kappa shape index (κ1) is 17.5. The van der Waals surface area contributed by atoms with Crippen molar-refractivity contribution < 1.29 is 14.3 Å². The van der Waals surface area contributed by atoms with Crippen LogP contribution in [0.2, 0.25) is 0 Å². The Bertz CT molecular complexity index is 492. The number of benzene rings is 1. The predicted molar refractivity (Wildman–Crippen MR) is 86.1 cm³/mol. The summed E-state index contributed by atoms with van der Waals surface area (Å²) >= 11 is 1.47. The van der Waals surface area contributed by atoms with Gasteiger partial charge in [-0.15, -0.1) is 11.8 Å². The van der Waals surface area contributed by atoms with Gasteiger partial charge in [-0.25, -0.2) is 0 Å². The molecule has 0 aliphatic carbocycles. The minimum absolute atomic E-state index is 0.0868. The minimum Gasteiger partial charge on any atom is -0.468 e. The van der Waals surface area contributed by atoms with Crippen molar-refractivity contribution in [1.82, 2.24) is 0 Å². The molecule has 0 bridgehead atoms. The van der Waals surface area contributed by atoms with Crippen LogP contribution in [0.4, 0.5) is 5.69 Å². The van der Waals surface area contributed by atoms with Crippen molar-refractivity contribution in [2.24, 2.45) is 11.7 Å². The van der Waals surface area contributed by atoms with Crippen molar-refractivity contribution in [3.8, 4) is 0 Å². The van der Waals surface area contributed by atoms with Crippen LogP contribution in [0.25, 0.3) is 0 Å². The lowest BCUT2D eigenvalue weighted by Gasteiger charge is -2.15. The summed E-state index contributed by atoms with van der Waals surface area (Å²) in [6.07, 6.45) is 0. The third kappa shape index (κ3) is 6.18. The van der Waals surface area contributed by atoms with Crippen LogP contribution in [0.1, 0.15) is 19.4 Å². The van der Waals surface area contributed by atoms with Crippen LogP contribution < -0.4 is 11.1 Å². The van der Waals surface area contributed by atoms with Crippen molar-refractivity contribution in [3.63, 3.8) is 0 Å². The van der Waals surface area contributed by atoms with Gasteiger partial charge < -0.3 is 15.8 Å². The van der Waals surface area contributed by atoms with Gasteiger partial charge in [-0.05, 0) is 23.6 Å². The number of carbonyl (C=O) groups is 2. The van der Waals surface area contributed by atoms with Crippen LogP contribution in [0.15, 0.2) is 24.3 Å². The monoisotopic (exact) mass is 310 g/mol. The zero-order valence-electron chi connectivity index (χ0n) is 12.6. The second kappa shape index (κ2) is 8.69. The quantitative estimate of drug-likeness (QED) is 0.753. The molecular weight excluding hydrogens is 288 g/mol. The molecule has 0 radical (unpaired) electrons. The molecule has 0 aliphatic heterocycles. The number of ether oxygens (including phenoxy) is 1. The zero-order chi connectivity index (χ0) is 15.8. The summed E-state index contributed by atoms with van der Waals surface area (Å²) in [5.74, 6) is 0.640. The van der Waals surface area contributed by atoms with Gasteiger partial charge in [0.05, 0.1) is 18.9 Å². The van der Waals surface area contributed by atoms with Crippen LogP contribution >= 0.6 is 11.8 Å². The lowest BCUT2D eigenvalue weighted by molar-refractivity contribution is -0.137. The molecule has 3 N–H and O–H groups in total. The van der Waals surface area contributed by atoms with Gasteiger partial charge in [0, 0.05) is 11.4 Å². The molecule has 0 saturated heterocycles. The number of nitrogens with two attached hydrogens (primary N) is 1. The number of amides is 1. The van der Waals surface area contributed by atoms with Crippen molar-refractivity contribution in [1.29, 1.82) is 0 Å². The number of hydrogen-bond acceptors (Lipinski definition) is 5. The maximum Gasteiger partial charge on any atom is 0.315 e. The van der Waals surface area contributed by atoms with Gasteiger partial charge in [-0.2, -0.15) is 0 Å². The van der Waals surface area contributed by atoms with Crippen molar-refractivity contribution >= 4 is 29.3 Å². The summed E-state index contributed by atoms with van der Waals surface area (Å²) in [6, 6.07) is 6.99. The van der Waals surface area contributed by atoms with E-state index in [2.05, 4.69) is 10.1 Å². The van der Waals surface area contributed by atoms with E-state index in [1.807, 2.05) is 38.1 Å². The average molecular weight is 310 g/mol. The Hall–Kier alpha value is -1.53. The van der Waals surface area contributed by atoms with E-state index in [0.29, 0.717) is 17.2 Å². The normalized spacial score (nSPS) is 12.0. The summed E-state index contributed by atoms with van der Waals surface area (Å²) in [6.45, 7) is 3.81. The second-order valence-corrected chi connectivity index (χ2v) is 6.01. The summed E-state index contributed by atoms with van der Waals surface area (Å²) in [5.41, 5.74) is 7.55. The number of anilines is 1. The van der Waals surface area contributed by atoms with E-state index < -0.39 is 6.04 Å². The Morgan fingerprint density at radius 3 is 2.71 bits per heavy atom. The van der Waals surface area contributed by atoms with Gasteiger partial charge in [0.1, 0.15) is 0 Å². The molecule has 21 heavy (non-hydrogen) atoms. The van der Waals surface area contributed by atoms with E-state index in [0.717, 1.165) is 5.56 Å². The molecule has 0 aromatic heterocycles. The van der Waals surface area contributed by atoms with E-state index in [4.69, 9.17) is 5.73 Å². The summed E-state index contributed by atoms with van der Waals surface area (Å²) in [5, 5.41) is 2.81. The molecule has 0 fully saturated rings. The van der Waals surface area contributed by atoms with Crippen molar-refractivity contribution in [2.75, 3.05) is 18.2 Å². The van der Waals surface area contributed by atoms with Gasteiger partial charge in [-0.3, -0.25) is 9.59 Å². The Labute approximate surface area is 129 Å². The van der Waals surface area contributed by atoms with Crippen molar-refractivity contribution in [3.05, 3.63) is 29.8 Å². The SMILES string of the molecule is COC(=O)CSCc1cccc(NC(=O)[C@@H](N)C(C)C)c1. The Balaban J connectivity index is 2.56. The number of hydrogen-bond donors (Lipinski definition) is 2. The number of esters is 1. The lowest BCUT2D eigenvalue weighted by atomic mass is 10.0. The van der Waals surface area contributed by atoms with E-state index in [1.165, 1.54) is 18.9 Å². The number of carbonyl (C=O) groups excluding carboxylic acids is 2. The Morgan fingerprint density at radius 1 is 1.38 bits per heavy atom. The average Bonchev–Trinajstić information content (AvgIpc) is 2.46. The summed E-state index contributed by atoms with van der Waals surface area (Å²) in [4.78, 5) is 22.9. The van der Waals surface area contributed by atoms with Crippen molar-refractivity contribution in [2.45, 2.75) is 25.6 Å². The standard InChI is InChI=1S/C15H22N2O3S/c1-10(2)14(16)15(19)17-12-6-4-5-11(7-12)8-21-9-13(18)20-3/h4-7,10,14H,8-9,16H2,1-3H3,(H,17,19)/t14-/m0/s1. The smallest absolute Gasteiger partial charge is 0.315 e. The van der Waals surface area contributed by atoms with Gasteiger partial charge in [0.2, 0.25) is 5.91 Å². The Morgan fingerprint density at radius 2 is 2.10 bits per heavy atom. The van der Waals surface area contributed by atoms with E-state index in [9.17, 15) is 9.59 Å². The highest BCUT2D eigenvalue weighted by Gasteiger charge is 2.17. The first-order valence-electron chi connectivity index (χ1n) is 6.74. The van der Waals surface area contributed by atoms with E-state index in [1.54, 1.807) is 0 Å². The molecule has 1 atom stereocenters. The van der Waals surface area contributed by atoms with Crippen LogP contribution in [0.5, 0.6) is 0 Å². The second-order valence-electron chi connectivity index (χ2n) is 5.03. The molecule has 1 rings (SSSR count). The number of nitrogens with one attached hydrogen (secondary N) is 1. The van der Waals surface area contributed by atoms with E-state index in [-0.39, 0.29) is 17.8 Å². The molecule has 0 spiro atoms. The van der Waals surface area contributed by atoms with Crippen LogP contribution in [-0.2, 0) is 20.1 Å². The topological polar surface area (TPSA) is 81.4 Å². The van der Waals surface area contributed by atoms with Gasteiger partial charge >= 0.3 is 5.97 Å². The highest BCUT2D eigenvalue weighted by Crippen LogP contribution is 2.17. The molecule has 1 amide bonds. The lowest BCUT2D eigenvalue weighted by Crippen LogP contribution is -2.39. The first-order valence-corrected chi connectivity index (χ1v) is 7.89. The largest absolute Gasteiger partial charge is 0.468 e. The highest BCUT2D eigenvalue weighted by molar-refractivity contribution is 7.99. The molecule has 116 valence electrons. The fourth-order valence-electron chi connectivity index (χ4n) is 1.58. The van der Waals surface area contributed by atoms with Gasteiger partial charge in [0.15, 0.2) is 0 Å². The molecule has 6 heteroatoms. The number of thioether (sulfide) groups is 1. The molecule has 0 heterocycles. The predicted octanol–water partition coefficient (Wildman–Crippen LogP) is 2.01. The fourth-order valence-corrected chi connectivity index (χ4v) is 2.38. The van der Waals surface area contributed by atoms with Crippen LogP contribution in [0.3, 0.4) is 0 Å². The molecule has 1 aromatic carbocycles. The molecule has 5 nitrogen and oxygen atoms in total. The highest BCUT2D eigenvalue weighted by atomic mass is 32.2. The molecule has 1 aromatic rings. The van der Waals surface area contributed by atoms with E-state index >= 15 is 0 Å². The third-order valence-corrected chi connectivity index (χ3v) is 3.91. The number of methoxy groups -OCH3 is 1. The molecule has 0 aliphatic rings. The minimum atomic E-state index is -0.526. The maximum absolute atomic E-state index is 11.9. The summed E-state index contributed by atoms with van der Waals surface area (Å²) < 4.78 is 4.58. The van der Waals surface area contributed by atoms with Gasteiger partial charge in [-0.1, -0.05) is 26.0 Å².